The third-order valence-corrected chi connectivity index (χ3v) is 4.90. The molecular formula is C16H22FN3O2. The first-order chi connectivity index (χ1) is 10.7. The van der Waals surface area contributed by atoms with Gasteiger partial charge in [-0.05, 0) is 30.9 Å². The lowest BCUT2D eigenvalue weighted by atomic mass is 9.88. The van der Waals surface area contributed by atoms with Crippen molar-refractivity contribution < 1.29 is 9.31 Å². The summed E-state index contributed by atoms with van der Waals surface area (Å²) in [5.74, 6) is -0.108. The van der Waals surface area contributed by atoms with Crippen molar-refractivity contribution in [2.45, 2.75) is 31.7 Å². The molecule has 1 aromatic carbocycles. The van der Waals surface area contributed by atoms with Gasteiger partial charge in [0.2, 0.25) is 0 Å². The topological polar surface area (TPSA) is 58.4 Å². The highest BCUT2D eigenvalue weighted by Gasteiger charge is 2.35. The van der Waals surface area contributed by atoms with Crippen molar-refractivity contribution in [3.63, 3.8) is 0 Å². The van der Waals surface area contributed by atoms with E-state index in [0.29, 0.717) is 11.5 Å². The van der Waals surface area contributed by atoms with E-state index in [1.165, 1.54) is 18.9 Å². The Morgan fingerprint density at radius 1 is 1.27 bits per heavy atom. The average Bonchev–Trinajstić information content (AvgIpc) is 3.04. The number of hydrogen-bond donors (Lipinski definition) is 1. The van der Waals surface area contributed by atoms with Crippen molar-refractivity contribution in [3.05, 3.63) is 39.7 Å². The molecule has 1 saturated carbocycles. The second-order valence-electron chi connectivity index (χ2n) is 6.24. The normalized spacial score (nSPS) is 21.9. The van der Waals surface area contributed by atoms with E-state index in [2.05, 4.69) is 10.2 Å². The minimum absolute atomic E-state index is 0.0330. The summed E-state index contributed by atoms with van der Waals surface area (Å²) in [6.07, 6.45) is 4.57. The Balaban J connectivity index is 1.99. The summed E-state index contributed by atoms with van der Waals surface area (Å²) in [6, 6.07) is 4.08. The lowest BCUT2D eigenvalue weighted by Gasteiger charge is -2.38. The molecule has 0 aromatic heterocycles. The predicted molar refractivity (Wildman–Crippen MR) is 82.2 cm³/mol. The van der Waals surface area contributed by atoms with Crippen molar-refractivity contribution in [1.82, 2.24) is 10.2 Å². The number of nitro groups is 1. The van der Waals surface area contributed by atoms with E-state index < -0.39 is 10.7 Å². The highest BCUT2D eigenvalue weighted by Crippen LogP contribution is 2.42. The zero-order valence-corrected chi connectivity index (χ0v) is 12.6. The van der Waals surface area contributed by atoms with Gasteiger partial charge in [0.25, 0.3) is 5.69 Å². The zero-order chi connectivity index (χ0) is 15.5. The van der Waals surface area contributed by atoms with Crippen molar-refractivity contribution >= 4 is 5.69 Å². The smallest absolute Gasteiger partial charge is 0.277 e. The molecule has 22 heavy (non-hydrogen) atoms. The van der Waals surface area contributed by atoms with Gasteiger partial charge in [0, 0.05) is 37.8 Å². The van der Waals surface area contributed by atoms with E-state index in [1.54, 1.807) is 6.07 Å². The molecule has 0 bridgehead atoms. The molecule has 3 rings (SSSR count). The molecule has 1 aliphatic carbocycles. The number of nitrogens with one attached hydrogen (secondary N) is 1. The molecule has 2 fully saturated rings. The standard InChI is InChI=1S/C16H22FN3O2/c17-13-5-6-14(15(11-13)20(21)22)16(12-3-1-2-4-12)19-9-7-18-8-10-19/h5-6,11-12,16,18H,1-4,7-10H2/t16-/m1/s1. The summed E-state index contributed by atoms with van der Waals surface area (Å²) in [5, 5.41) is 14.7. The number of piperazine rings is 1. The molecule has 5 nitrogen and oxygen atoms in total. The molecule has 6 heteroatoms. The van der Waals surface area contributed by atoms with Crippen LogP contribution in [0.5, 0.6) is 0 Å². The van der Waals surface area contributed by atoms with E-state index >= 15 is 0 Å². The van der Waals surface area contributed by atoms with Gasteiger partial charge >= 0.3 is 0 Å². The fraction of sp³-hybridized carbons (Fsp3) is 0.625. The maximum atomic E-state index is 13.5. The maximum absolute atomic E-state index is 13.5. The molecule has 1 aliphatic heterocycles. The zero-order valence-electron chi connectivity index (χ0n) is 12.6. The monoisotopic (exact) mass is 307 g/mol. The van der Waals surface area contributed by atoms with Crippen LogP contribution in [-0.4, -0.2) is 36.0 Å². The van der Waals surface area contributed by atoms with Crippen LogP contribution in [0.1, 0.15) is 37.3 Å². The molecule has 1 N–H and O–H groups in total. The van der Waals surface area contributed by atoms with E-state index in [0.717, 1.165) is 45.1 Å². The minimum Gasteiger partial charge on any atom is -0.314 e. The molecule has 0 unspecified atom stereocenters. The number of hydrogen-bond acceptors (Lipinski definition) is 4. The van der Waals surface area contributed by atoms with Gasteiger partial charge in [-0.15, -0.1) is 0 Å². The van der Waals surface area contributed by atoms with Gasteiger partial charge in [-0.25, -0.2) is 4.39 Å². The van der Waals surface area contributed by atoms with Crippen LogP contribution in [0, 0.1) is 21.8 Å². The van der Waals surface area contributed by atoms with Crippen molar-refractivity contribution in [2.24, 2.45) is 5.92 Å². The van der Waals surface area contributed by atoms with Crippen LogP contribution in [-0.2, 0) is 0 Å². The van der Waals surface area contributed by atoms with Crippen molar-refractivity contribution in [2.75, 3.05) is 26.2 Å². The van der Waals surface area contributed by atoms with Gasteiger partial charge in [-0.3, -0.25) is 15.0 Å². The molecule has 1 atom stereocenters. The highest BCUT2D eigenvalue weighted by atomic mass is 19.1. The summed E-state index contributed by atoms with van der Waals surface area (Å²) < 4.78 is 13.5. The molecular weight excluding hydrogens is 285 g/mol. The molecule has 120 valence electrons. The van der Waals surface area contributed by atoms with E-state index in [-0.39, 0.29) is 11.7 Å². The van der Waals surface area contributed by atoms with Gasteiger partial charge in [0.1, 0.15) is 5.82 Å². The fourth-order valence-corrected chi connectivity index (χ4v) is 3.91. The van der Waals surface area contributed by atoms with Crippen LogP contribution in [0.2, 0.25) is 0 Å². The lowest BCUT2D eigenvalue weighted by Crippen LogP contribution is -2.46. The number of rotatable bonds is 4. The Hall–Kier alpha value is -1.53. The van der Waals surface area contributed by atoms with Crippen molar-refractivity contribution in [3.8, 4) is 0 Å². The summed E-state index contributed by atoms with van der Waals surface area (Å²) >= 11 is 0. The molecule has 0 amide bonds. The Kier molecular flexibility index (Phi) is 4.69. The summed E-state index contributed by atoms with van der Waals surface area (Å²) in [5.41, 5.74) is 0.607. The Labute approximate surface area is 129 Å². The average molecular weight is 307 g/mol. The first-order valence-electron chi connectivity index (χ1n) is 8.05. The van der Waals surface area contributed by atoms with Crippen LogP contribution in [0.3, 0.4) is 0 Å². The second kappa shape index (κ2) is 6.71. The Bertz CT molecular complexity index is 540. The molecule has 2 aliphatic rings. The van der Waals surface area contributed by atoms with Gasteiger partial charge in [-0.1, -0.05) is 12.8 Å². The molecule has 0 spiro atoms. The van der Waals surface area contributed by atoms with Gasteiger partial charge in [-0.2, -0.15) is 0 Å². The molecule has 1 aromatic rings. The quantitative estimate of drug-likeness (QED) is 0.686. The first-order valence-corrected chi connectivity index (χ1v) is 8.05. The van der Waals surface area contributed by atoms with Crippen LogP contribution >= 0.6 is 0 Å². The maximum Gasteiger partial charge on any atom is 0.277 e. The Morgan fingerprint density at radius 2 is 1.95 bits per heavy atom. The van der Waals surface area contributed by atoms with Gasteiger partial charge in [0.05, 0.1) is 11.0 Å². The Morgan fingerprint density at radius 3 is 2.59 bits per heavy atom. The SMILES string of the molecule is O=[N+]([O-])c1cc(F)ccc1[C@@H](C1CCCC1)N1CCNCC1. The summed E-state index contributed by atoms with van der Waals surface area (Å²) in [7, 11) is 0. The van der Waals surface area contributed by atoms with Gasteiger partial charge < -0.3 is 5.32 Å². The lowest BCUT2D eigenvalue weighted by molar-refractivity contribution is -0.386. The van der Waals surface area contributed by atoms with E-state index in [1.807, 2.05) is 0 Å². The summed E-state index contributed by atoms with van der Waals surface area (Å²) in [6.45, 7) is 3.57. The van der Waals surface area contributed by atoms with Crippen LogP contribution < -0.4 is 5.32 Å². The first kappa shape index (κ1) is 15.4. The van der Waals surface area contributed by atoms with Crippen LogP contribution in [0.25, 0.3) is 0 Å². The minimum atomic E-state index is -0.541. The third kappa shape index (κ3) is 3.13. The predicted octanol–water partition coefficient (Wildman–Crippen LogP) is 2.87. The van der Waals surface area contributed by atoms with Crippen LogP contribution in [0.4, 0.5) is 10.1 Å². The third-order valence-electron chi connectivity index (χ3n) is 4.90. The number of halogens is 1. The molecule has 1 heterocycles. The largest absolute Gasteiger partial charge is 0.314 e. The molecule has 0 radical (unpaired) electrons. The highest BCUT2D eigenvalue weighted by molar-refractivity contribution is 5.43. The summed E-state index contributed by atoms with van der Waals surface area (Å²) in [4.78, 5) is 13.3. The number of nitro benzene ring substituents is 1. The number of nitrogens with zero attached hydrogens (tertiary/aromatic N) is 2. The van der Waals surface area contributed by atoms with E-state index in [9.17, 15) is 14.5 Å². The van der Waals surface area contributed by atoms with E-state index in [4.69, 9.17) is 0 Å². The number of benzene rings is 1. The fourth-order valence-electron chi connectivity index (χ4n) is 3.91. The van der Waals surface area contributed by atoms with Gasteiger partial charge in [0.15, 0.2) is 0 Å². The van der Waals surface area contributed by atoms with Crippen LogP contribution in [0.15, 0.2) is 18.2 Å². The molecule has 1 saturated heterocycles. The van der Waals surface area contributed by atoms with Crippen molar-refractivity contribution in [1.29, 1.82) is 0 Å². The second-order valence-corrected chi connectivity index (χ2v) is 6.24.